The molecule has 26 heavy (non-hydrogen) atoms. The van der Waals surface area contributed by atoms with E-state index in [0.717, 1.165) is 16.5 Å². The highest BCUT2D eigenvalue weighted by Crippen LogP contribution is 2.27. The molecule has 5 nitrogen and oxygen atoms in total. The van der Waals surface area contributed by atoms with E-state index in [-0.39, 0.29) is 12.5 Å². The molecule has 1 heterocycles. The molecule has 0 radical (unpaired) electrons. The van der Waals surface area contributed by atoms with Gasteiger partial charge >= 0.3 is 0 Å². The molecule has 0 aliphatic rings. The summed E-state index contributed by atoms with van der Waals surface area (Å²) < 4.78 is 12.4. The summed E-state index contributed by atoms with van der Waals surface area (Å²) in [6, 6.07) is 13.4. The first-order valence-corrected chi connectivity index (χ1v) is 8.70. The lowest BCUT2D eigenvalue weighted by atomic mass is 10.1. The van der Waals surface area contributed by atoms with Gasteiger partial charge in [-0.25, -0.2) is 0 Å². The zero-order valence-corrected chi connectivity index (χ0v) is 15.5. The van der Waals surface area contributed by atoms with E-state index in [9.17, 15) is 4.79 Å². The predicted octanol–water partition coefficient (Wildman–Crippen LogP) is 3.67. The molecule has 136 valence electrons. The summed E-state index contributed by atoms with van der Waals surface area (Å²) >= 11 is 6.00. The Bertz CT molecular complexity index is 921. The van der Waals surface area contributed by atoms with Crippen LogP contribution in [0.1, 0.15) is 5.56 Å². The van der Waals surface area contributed by atoms with Crippen molar-refractivity contribution in [2.24, 2.45) is 0 Å². The summed E-state index contributed by atoms with van der Waals surface area (Å²) in [5.74, 6) is 1.35. The summed E-state index contributed by atoms with van der Waals surface area (Å²) in [6.45, 7) is 0.830. The average molecular weight is 373 g/mol. The number of nitrogens with zero attached hydrogens (tertiary/aromatic N) is 1. The van der Waals surface area contributed by atoms with Crippen molar-refractivity contribution in [3.8, 4) is 11.5 Å². The molecule has 0 fully saturated rings. The van der Waals surface area contributed by atoms with Gasteiger partial charge in [0.05, 0.1) is 14.2 Å². The molecular weight excluding hydrogens is 352 g/mol. The number of halogens is 1. The lowest BCUT2D eigenvalue weighted by Gasteiger charge is -2.10. The van der Waals surface area contributed by atoms with Gasteiger partial charge in [0.1, 0.15) is 6.54 Å². The number of hydrogen-bond donors (Lipinski definition) is 1. The number of fused-ring (bicyclic) bond motifs is 1. The van der Waals surface area contributed by atoms with Gasteiger partial charge in [0, 0.05) is 28.7 Å². The minimum absolute atomic E-state index is 0.0297. The molecule has 1 N–H and O–H groups in total. The summed E-state index contributed by atoms with van der Waals surface area (Å²) in [5.41, 5.74) is 2.06. The second-order valence-electron chi connectivity index (χ2n) is 5.94. The highest BCUT2D eigenvalue weighted by molar-refractivity contribution is 6.31. The maximum atomic E-state index is 12.2. The van der Waals surface area contributed by atoms with Crippen LogP contribution in [-0.4, -0.2) is 31.2 Å². The largest absolute Gasteiger partial charge is 0.493 e. The van der Waals surface area contributed by atoms with Crippen molar-refractivity contribution in [2.45, 2.75) is 13.0 Å². The van der Waals surface area contributed by atoms with E-state index in [1.54, 1.807) is 14.2 Å². The molecule has 1 aromatic heterocycles. The molecule has 0 unspecified atom stereocenters. The Hall–Kier alpha value is -2.66. The second-order valence-corrected chi connectivity index (χ2v) is 6.37. The molecule has 0 saturated heterocycles. The van der Waals surface area contributed by atoms with Crippen molar-refractivity contribution in [2.75, 3.05) is 20.8 Å². The average Bonchev–Trinajstić information content (AvgIpc) is 3.03. The van der Waals surface area contributed by atoms with Gasteiger partial charge in [-0.1, -0.05) is 17.7 Å². The number of aromatic nitrogens is 1. The first-order chi connectivity index (χ1) is 12.6. The monoisotopic (exact) mass is 372 g/mol. The highest BCUT2D eigenvalue weighted by atomic mass is 35.5. The van der Waals surface area contributed by atoms with Gasteiger partial charge < -0.3 is 19.4 Å². The lowest BCUT2D eigenvalue weighted by Crippen LogP contribution is -2.29. The van der Waals surface area contributed by atoms with Gasteiger partial charge in [-0.15, -0.1) is 0 Å². The number of amides is 1. The lowest BCUT2D eigenvalue weighted by molar-refractivity contribution is -0.121. The molecule has 1 amide bonds. The molecule has 3 rings (SSSR count). The molecule has 0 aliphatic heterocycles. The first kappa shape index (κ1) is 18.1. The molecule has 0 saturated carbocycles. The van der Waals surface area contributed by atoms with Crippen molar-refractivity contribution < 1.29 is 14.3 Å². The quantitative estimate of drug-likeness (QED) is 0.688. The van der Waals surface area contributed by atoms with Crippen molar-refractivity contribution in [1.82, 2.24) is 9.88 Å². The van der Waals surface area contributed by atoms with Crippen LogP contribution in [0.2, 0.25) is 5.02 Å². The Kier molecular flexibility index (Phi) is 5.68. The van der Waals surface area contributed by atoms with Crippen molar-refractivity contribution in [3.05, 3.63) is 59.2 Å². The molecule has 0 bridgehead atoms. The van der Waals surface area contributed by atoms with E-state index >= 15 is 0 Å². The highest BCUT2D eigenvalue weighted by Gasteiger charge is 2.08. The molecule has 0 aliphatic carbocycles. The number of benzene rings is 2. The third-order valence-corrected chi connectivity index (χ3v) is 4.47. The van der Waals surface area contributed by atoms with Crippen LogP contribution in [0.25, 0.3) is 10.9 Å². The van der Waals surface area contributed by atoms with Crippen LogP contribution in [0.15, 0.2) is 48.7 Å². The number of methoxy groups -OCH3 is 2. The maximum absolute atomic E-state index is 12.2. The number of hydrogen-bond acceptors (Lipinski definition) is 3. The standard InChI is InChI=1S/C20H21ClN2O3/c1-25-18-6-3-14(11-19(18)26-2)7-9-22-20(24)13-23-10-8-15-12-16(21)4-5-17(15)23/h3-6,8,10-12H,7,9,13H2,1-2H3,(H,22,24). The predicted molar refractivity (Wildman–Crippen MR) is 103 cm³/mol. The molecule has 3 aromatic rings. The van der Waals surface area contributed by atoms with Crippen LogP contribution < -0.4 is 14.8 Å². The zero-order valence-electron chi connectivity index (χ0n) is 14.8. The fourth-order valence-electron chi connectivity index (χ4n) is 2.90. The van der Waals surface area contributed by atoms with Gasteiger partial charge in [0.25, 0.3) is 0 Å². The molecule has 0 atom stereocenters. The van der Waals surface area contributed by atoms with E-state index in [1.807, 2.05) is 53.2 Å². The first-order valence-electron chi connectivity index (χ1n) is 8.32. The van der Waals surface area contributed by atoms with E-state index in [4.69, 9.17) is 21.1 Å². The number of carbonyl (C=O) groups excluding carboxylic acids is 1. The maximum Gasteiger partial charge on any atom is 0.239 e. The number of ether oxygens (including phenoxy) is 2. The smallest absolute Gasteiger partial charge is 0.239 e. The zero-order chi connectivity index (χ0) is 18.5. The van der Waals surface area contributed by atoms with Crippen molar-refractivity contribution >= 4 is 28.4 Å². The Balaban J connectivity index is 1.55. The third kappa shape index (κ3) is 4.11. The number of carbonyl (C=O) groups is 1. The SMILES string of the molecule is COc1ccc(CCNC(=O)Cn2ccc3cc(Cl)ccc32)cc1OC. The van der Waals surface area contributed by atoms with Gasteiger partial charge in [-0.05, 0) is 48.4 Å². The minimum atomic E-state index is -0.0297. The van der Waals surface area contributed by atoms with E-state index in [2.05, 4.69) is 5.32 Å². The molecule has 6 heteroatoms. The Morgan fingerprint density at radius 2 is 1.88 bits per heavy atom. The normalized spacial score (nSPS) is 10.7. The number of nitrogens with one attached hydrogen (secondary N) is 1. The number of rotatable bonds is 7. The summed E-state index contributed by atoms with van der Waals surface area (Å²) in [5, 5.41) is 4.67. The fourth-order valence-corrected chi connectivity index (χ4v) is 3.08. The van der Waals surface area contributed by atoms with Crippen molar-refractivity contribution in [3.63, 3.8) is 0 Å². The summed E-state index contributed by atoms with van der Waals surface area (Å²) in [7, 11) is 3.22. The summed E-state index contributed by atoms with van der Waals surface area (Å²) in [6.07, 6.45) is 2.61. The topological polar surface area (TPSA) is 52.5 Å². The van der Waals surface area contributed by atoms with Crippen LogP contribution in [0.3, 0.4) is 0 Å². The van der Waals surface area contributed by atoms with Gasteiger partial charge in [-0.2, -0.15) is 0 Å². The van der Waals surface area contributed by atoms with Crippen molar-refractivity contribution in [1.29, 1.82) is 0 Å². The Morgan fingerprint density at radius 1 is 1.08 bits per heavy atom. The Labute approximate surface area is 157 Å². The second kappa shape index (κ2) is 8.15. The van der Waals surface area contributed by atoms with E-state index in [1.165, 1.54) is 0 Å². The van der Waals surface area contributed by atoms with E-state index < -0.39 is 0 Å². The van der Waals surface area contributed by atoms with Crippen LogP contribution in [0.5, 0.6) is 11.5 Å². The van der Waals surface area contributed by atoms with Gasteiger partial charge in [0.15, 0.2) is 11.5 Å². The van der Waals surface area contributed by atoms with E-state index in [0.29, 0.717) is 29.5 Å². The van der Waals surface area contributed by atoms with Crippen LogP contribution in [0, 0.1) is 0 Å². The molecule has 0 spiro atoms. The summed E-state index contributed by atoms with van der Waals surface area (Å²) in [4.78, 5) is 12.2. The third-order valence-electron chi connectivity index (χ3n) is 4.23. The van der Waals surface area contributed by atoms with Crippen LogP contribution >= 0.6 is 11.6 Å². The van der Waals surface area contributed by atoms with Gasteiger partial charge in [-0.3, -0.25) is 4.79 Å². The Morgan fingerprint density at radius 3 is 2.65 bits per heavy atom. The fraction of sp³-hybridized carbons (Fsp3) is 0.250. The van der Waals surface area contributed by atoms with Crippen LogP contribution in [-0.2, 0) is 17.8 Å². The molecule has 2 aromatic carbocycles. The van der Waals surface area contributed by atoms with Gasteiger partial charge in [0.2, 0.25) is 5.91 Å². The molecular formula is C20H21ClN2O3. The van der Waals surface area contributed by atoms with Crippen LogP contribution in [0.4, 0.5) is 0 Å². The minimum Gasteiger partial charge on any atom is -0.493 e.